The lowest BCUT2D eigenvalue weighted by molar-refractivity contribution is 0.414. The fourth-order valence-electron chi connectivity index (χ4n) is 3.04. The number of rotatable bonds is 5. The van der Waals surface area contributed by atoms with E-state index in [0.29, 0.717) is 5.75 Å². The Morgan fingerprint density at radius 1 is 0.800 bits per heavy atom. The highest BCUT2D eigenvalue weighted by Crippen LogP contribution is 2.37. The van der Waals surface area contributed by atoms with E-state index in [9.17, 15) is 5.11 Å². The SMILES string of the molecule is COc1ccc(C(c2ccc(N(C)C)cc2)c2ccccc2O)cc1. The third-order valence-electron chi connectivity index (χ3n) is 4.44. The Morgan fingerprint density at radius 2 is 1.36 bits per heavy atom. The molecule has 3 aromatic carbocycles. The number of methoxy groups -OCH3 is 1. The Hall–Kier alpha value is -2.94. The molecule has 0 radical (unpaired) electrons. The first-order chi connectivity index (χ1) is 12.1. The number of hydrogen-bond donors (Lipinski definition) is 1. The van der Waals surface area contributed by atoms with Crippen molar-refractivity contribution in [2.45, 2.75) is 5.92 Å². The number of para-hydroxylation sites is 1. The quantitative estimate of drug-likeness (QED) is 0.690. The smallest absolute Gasteiger partial charge is 0.119 e. The monoisotopic (exact) mass is 333 g/mol. The highest BCUT2D eigenvalue weighted by molar-refractivity contribution is 5.53. The molecule has 3 nitrogen and oxygen atoms in total. The summed E-state index contributed by atoms with van der Waals surface area (Å²) in [6.45, 7) is 0. The minimum atomic E-state index is -0.0386. The van der Waals surface area contributed by atoms with E-state index in [2.05, 4.69) is 41.3 Å². The average molecular weight is 333 g/mol. The summed E-state index contributed by atoms with van der Waals surface area (Å²) in [4.78, 5) is 2.08. The fourth-order valence-corrected chi connectivity index (χ4v) is 3.04. The maximum Gasteiger partial charge on any atom is 0.119 e. The van der Waals surface area contributed by atoms with E-state index < -0.39 is 0 Å². The van der Waals surface area contributed by atoms with E-state index in [-0.39, 0.29) is 5.92 Å². The zero-order valence-electron chi connectivity index (χ0n) is 14.8. The van der Waals surface area contributed by atoms with E-state index >= 15 is 0 Å². The maximum absolute atomic E-state index is 10.4. The van der Waals surface area contributed by atoms with E-state index in [4.69, 9.17) is 4.74 Å². The zero-order valence-corrected chi connectivity index (χ0v) is 14.8. The van der Waals surface area contributed by atoms with Crippen molar-refractivity contribution in [2.24, 2.45) is 0 Å². The van der Waals surface area contributed by atoms with E-state index in [0.717, 1.165) is 28.1 Å². The van der Waals surface area contributed by atoms with Gasteiger partial charge in [-0.05, 0) is 41.5 Å². The van der Waals surface area contributed by atoms with Crippen molar-refractivity contribution in [3.8, 4) is 11.5 Å². The van der Waals surface area contributed by atoms with Crippen LogP contribution in [-0.4, -0.2) is 26.3 Å². The molecule has 0 fully saturated rings. The molecule has 1 unspecified atom stereocenters. The molecule has 0 aliphatic carbocycles. The average Bonchev–Trinajstić information content (AvgIpc) is 2.64. The lowest BCUT2D eigenvalue weighted by Crippen LogP contribution is -2.09. The van der Waals surface area contributed by atoms with Gasteiger partial charge in [0.2, 0.25) is 0 Å². The second-order valence-electron chi connectivity index (χ2n) is 6.25. The number of nitrogens with zero attached hydrogens (tertiary/aromatic N) is 1. The van der Waals surface area contributed by atoms with Gasteiger partial charge in [-0.1, -0.05) is 42.5 Å². The number of ether oxygens (including phenoxy) is 1. The molecule has 25 heavy (non-hydrogen) atoms. The molecule has 3 heteroatoms. The summed E-state index contributed by atoms with van der Waals surface area (Å²) in [5.41, 5.74) is 4.29. The van der Waals surface area contributed by atoms with Gasteiger partial charge in [-0.15, -0.1) is 0 Å². The van der Waals surface area contributed by atoms with Crippen molar-refractivity contribution in [1.29, 1.82) is 0 Å². The van der Waals surface area contributed by atoms with Gasteiger partial charge in [0.05, 0.1) is 7.11 Å². The molecule has 0 spiro atoms. The molecule has 0 aliphatic rings. The second kappa shape index (κ2) is 7.31. The summed E-state index contributed by atoms with van der Waals surface area (Å²) in [6.07, 6.45) is 0. The van der Waals surface area contributed by atoms with Gasteiger partial charge in [-0.2, -0.15) is 0 Å². The van der Waals surface area contributed by atoms with Crippen LogP contribution >= 0.6 is 0 Å². The molecule has 0 aromatic heterocycles. The number of anilines is 1. The summed E-state index contributed by atoms with van der Waals surface area (Å²) in [5.74, 6) is 1.09. The summed E-state index contributed by atoms with van der Waals surface area (Å²) in [7, 11) is 5.72. The van der Waals surface area contributed by atoms with Crippen LogP contribution in [-0.2, 0) is 0 Å². The summed E-state index contributed by atoms with van der Waals surface area (Å²) in [5, 5.41) is 10.4. The zero-order chi connectivity index (χ0) is 17.8. The van der Waals surface area contributed by atoms with E-state index in [1.54, 1.807) is 13.2 Å². The summed E-state index contributed by atoms with van der Waals surface area (Å²) >= 11 is 0. The maximum atomic E-state index is 10.4. The van der Waals surface area contributed by atoms with Crippen LogP contribution in [0, 0.1) is 0 Å². The van der Waals surface area contributed by atoms with E-state index in [1.807, 2.05) is 44.4 Å². The number of phenols is 1. The summed E-state index contributed by atoms with van der Waals surface area (Å²) in [6, 6.07) is 24.0. The number of hydrogen-bond acceptors (Lipinski definition) is 3. The van der Waals surface area contributed by atoms with Gasteiger partial charge >= 0.3 is 0 Å². The summed E-state index contributed by atoms with van der Waals surface area (Å²) < 4.78 is 5.27. The molecular weight excluding hydrogens is 310 g/mol. The van der Waals surface area contributed by atoms with Crippen LogP contribution in [0.4, 0.5) is 5.69 Å². The Morgan fingerprint density at radius 3 is 1.88 bits per heavy atom. The Labute approximate surface area is 149 Å². The number of aromatic hydroxyl groups is 1. The Balaban J connectivity index is 2.09. The van der Waals surface area contributed by atoms with Crippen LogP contribution in [0.2, 0.25) is 0 Å². The van der Waals surface area contributed by atoms with Gasteiger partial charge in [-0.3, -0.25) is 0 Å². The fraction of sp³-hybridized carbons (Fsp3) is 0.182. The van der Waals surface area contributed by atoms with Gasteiger partial charge in [-0.25, -0.2) is 0 Å². The van der Waals surface area contributed by atoms with Crippen molar-refractivity contribution in [3.05, 3.63) is 89.5 Å². The molecule has 0 saturated heterocycles. The molecule has 0 bridgehead atoms. The van der Waals surface area contributed by atoms with Crippen molar-refractivity contribution in [2.75, 3.05) is 26.1 Å². The number of phenolic OH excluding ortho intramolecular Hbond substituents is 1. The van der Waals surface area contributed by atoms with Crippen LogP contribution < -0.4 is 9.64 Å². The molecule has 0 saturated carbocycles. The molecule has 3 aromatic rings. The van der Waals surface area contributed by atoms with Crippen molar-refractivity contribution >= 4 is 5.69 Å². The van der Waals surface area contributed by atoms with Crippen LogP contribution in [0.25, 0.3) is 0 Å². The molecule has 0 aliphatic heterocycles. The van der Waals surface area contributed by atoms with Gasteiger partial charge in [0.1, 0.15) is 11.5 Å². The number of benzene rings is 3. The van der Waals surface area contributed by atoms with Crippen LogP contribution in [0.3, 0.4) is 0 Å². The first-order valence-electron chi connectivity index (χ1n) is 8.29. The lowest BCUT2D eigenvalue weighted by Gasteiger charge is -2.21. The third kappa shape index (κ3) is 3.61. The topological polar surface area (TPSA) is 32.7 Å². The standard InChI is InChI=1S/C22H23NO2/c1-23(2)18-12-8-16(9-13-18)22(20-6-4-5-7-21(20)24)17-10-14-19(25-3)15-11-17/h4-15,22,24H,1-3H3. The van der Waals surface area contributed by atoms with Crippen molar-refractivity contribution in [3.63, 3.8) is 0 Å². The van der Waals surface area contributed by atoms with Crippen molar-refractivity contribution < 1.29 is 9.84 Å². The van der Waals surface area contributed by atoms with Crippen LogP contribution in [0.15, 0.2) is 72.8 Å². The van der Waals surface area contributed by atoms with Crippen LogP contribution in [0.5, 0.6) is 11.5 Å². The highest BCUT2D eigenvalue weighted by Gasteiger charge is 2.20. The van der Waals surface area contributed by atoms with E-state index in [1.165, 1.54) is 0 Å². The Kier molecular flexibility index (Phi) is 4.94. The van der Waals surface area contributed by atoms with Gasteiger partial charge in [0, 0.05) is 31.3 Å². The second-order valence-corrected chi connectivity index (χ2v) is 6.25. The lowest BCUT2D eigenvalue weighted by atomic mass is 9.84. The predicted molar refractivity (Wildman–Crippen MR) is 103 cm³/mol. The molecule has 0 amide bonds. The first-order valence-corrected chi connectivity index (χ1v) is 8.29. The van der Waals surface area contributed by atoms with Gasteiger partial charge in [0.15, 0.2) is 0 Å². The largest absolute Gasteiger partial charge is 0.508 e. The minimum absolute atomic E-state index is 0.0386. The van der Waals surface area contributed by atoms with Crippen molar-refractivity contribution in [1.82, 2.24) is 0 Å². The third-order valence-corrected chi connectivity index (χ3v) is 4.44. The predicted octanol–water partition coefficient (Wildman–Crippen LogP) is 4.65. The first kappa shape index (κ1) is 16.9. The minimum Gasteiger partial charge on any atom is -0.508 e. The van der Waals surface area contributed by atoms with Gasteiger partial charge in [0.25, 0.3) is 0 Å². The molecular formula is C22H23NO2. The molecule has 1 N–H and O–H groups in total. The Bertz CT molecular complexity index is 823. The highest BCUT2D eigenvalue weighted by atomic mass is 16.5. The molecule has 1 atom stereocenters. The molecule has 128 valence electrons. The van der Waals surface area contributed by atoms with Gasteiger partial charge < -0.3 is 14.7 Å². The van der Waals surface area contributed by atoms with Crippen LogP contribution in [0.1, 0.15) is 22.6 Å². The normalized spacial score (nSPS) is 11.8. The molecule has 3 rings (SSSR count). The molecule has 0 heterocycles.